The molecule has 92 valence electrons. The topological polar surface area (TPSA) is 44.0 Å². The number of benzene rings is 1. The Labute approximate surface area is 104 Å². The molecular weight excluding hydrogens is 210 g/mol. The van der Waals surface area contributed by atoms with Crippen molar-refractivity contribution in [2.24, 2.45) is 5.41 Å². The Morgan fingerprint density at radius 1 is 1.29 bits per heavy atom. The molecule has 0 spiro atoms. The van der Waals surface area contributed by atoms with Crippen LogP contribution in [0.3, 0.4) is 0 Å². The van der Waals surface area contributed by atoms with Crippen LogP contribution in [0.5, 0.6) is 0 Å². The number of rotatable bonds is 3. The van der Waals surface area contributed by atoms with Crippen LogP contribution in [0, 0.1) is 30.6 Å². The van der Waals surface area contributed by atoms with E-state index in [4.69, 9.17) is 0 Å². The lowest BCUT2D eigenvalue weighted by atomic mass is 9.69. The summed E-state index contributed by atoms with van der Waals surface area (Å²) < 4.78 is 0. The average Bonchev–Trinajstić information content (AvgIpc) is 2.30. The smallest absolute Gasteiger partial charge is 0.105 e. The van der Waals surface area contributed by atoms with Crippen molar-refractivity contribution in [2.45, 2.75) is 46.6 Å². The Morgan fingerprint density at radius 3 is 2.35 bits per heavy atom. The third-order valence-corrected chi connectivity index (χ3v) is 3.95. The van der Waals surface area contributed by atoms with Crippen LogP contribution in [0.15, 0.2) is 18.2 Å². The van der Waals surface area contributed by atoms with Gasteiger partial charge in [-0.2, -0.15) is 5.26 Å². The van der Waals surface area contributed by atoms with Crippen LogP contribution in [0.25, 0.3) is 0 Å². The van der Waals surface area contributed by atoms with Crippen LogP contribution in [0.4, 0.5) is 0 Å². The molecule has 0 heterocycles. The second-order valence-electron chi connectivity index (χ2n) is 5.19. The molecular formula is C15H21NO. The molecule has 0 bridgehead atoms. The standard InChI is InChI=1S/C15H21NO/c1-6-14(4,10-16)15(5,17)13-9-11(2)7-8-12(13)3/h7-9,17H,6H2,1-5H3. The number of aryl methyl sites for hydroxylation is 2. The molecule has 0 aliphatic heterocycles. The van der Waals surface area contributed by atoms with E-state index >= 15 is 0 Å². The Kier molecular flexibility index (Phi) is 3.64. The van der Waals surface area contributed by atoms with Crippen LogP contribution in [-0.2, 0) is 5.60 Å². The molecule has 2 nitrogen and oxygen atoms in total. The summed E-state index contributed by atoms with van der Waals surface area (Å²) in [5.41, 5.74) is 1.07. The Hall–Kier alpha value is -1.33. The Bertz CT molecular complexity index is 456. The first-order chi connectivity index (χ1) is 7.78. The van der Waals surface area contributed by atoms with Gasteiger partial charge in [0.25, 0.3) is 0 Å². The highest BCUT2D eigenvalue weighted by Gasteiger charge is 2.44. The van der Waals surface area contributed by atoms with E-state index in [1.807, 2.05) is 45.9 Å². The predicted molar refractivity (Wildman–Crippen MR) is 69.5 cm³/mol. The summed E-state index contributed by atoms with van der Waals surface area (Å²) in [5.74, 6) is 0. The van der Waals surface area contributed by atoms with Crippen molar-refractivity contribution >= 4 is 0 Å². The van der Waals surface area contributed by atoms with Crippen LogP contribution >= 0.6 is 0 Å². The van der Waals surface area contributed by atoms with Crippen molar-refractivity contribution in [1.29, 1.82) is 5.26 Å². The third-order valence-electron chi connectivity index (χ3n) is 3.95. The number of hydrogen-bond donors (Lipinski definition) is 1. The SMILES string of the molecule is CCC(C)(C#N)C(C)(O)c1cc(C)ccc1C. The van der Waals surface area contributed by atoms with E-state index in [0.717, 1.165) is 16.7 Å². The average molecular weight is 231 g/mol. The molecule has 0 aromatic heterocycles. The van der Waals surface area contributed by atoms with E-state index in [2.05, 4.69) is 6.07 Å². The van der Waals surface area contributed by atoms with Crippen LogP contribution in [-0.4, -0.2) is 5.11 Å². The molecule has 0 radical (unpaired) electrons. The summed E-state index contributed by atoms with van der Waals surface area (Å²) in [6.07, 6.45) is 0.615. The van der Waals surface area contributed by atoms with Gasteiger partial charge < -0.3 is 5.11 Å². The van der Waals surface area contributed by atoms with Gasteiger partial charge >= 0.3 is 0 Å². The molecule has 0 amide bonds. The fourth-order valence-electron chi connectivity index (χ4n) is 2.09. The highest BCUT2D eigenvalue weighted by Crippen LogP contribution is 2.43. The summed E-state index contributed by atoms with van der Waals surface area (Å²) >= 11 is 0. The Balaban J connectivity index is 3.40. The molecule has 0 fully saturated rings. The van der Waals surface area contributed by atoms with Crippen molar-refractivity contribution in [2.75, 3.05) is 0 Å². The summed E-state index contributed by atoms with van der Waals surface area (Å²) in [7, 11) is 0. The quantitative estimate of drug-likeness (QED) is 0.865. The molecule has 1 rings (SSSR count). The summed E-state index contributed by atoms with van der Waals surface area (Å²) in [6.45, 7) is 9.45. The van der Waals surface area contributed by atoms with Crippen molar-refractivity contribution < 1.29 is 5.11 Å². The van der Waals surface area contributed by atoms with Gasteiger partial charge in [-0.25, -0.2) is 0 Å². The zero-order chi connectivity index (χ0) is 13.3. The lowest BCUT2D eigenvalue weighted by Crippen LogP contribution is -2.40. The Morgan fingerprint density at radius 2 is 1.88 bits per heavy atom. The van der Waals surface area contributed by atoms with Crippen LogP contribution < -0.4 is 0 Å². The molecule has 0 aliphatic rings. The van der Waals surface area contributed by atoms with Gasteiger partial charge in [0.2, 0.25) is 0 Å². The van der Waals surface area contributed by atoms with Gasteiger partial charge in [-0.3, -0.25) is 0 Å². The lowest BCUT2D eigenvalue weighted by molar-refractivity contribution is -0.0385. The summed E-state index contributed by atoms with van der Waals surface area (Å²) in [6, 6.07) is 8.25. The fourth-order valence-corrected chi connectivity index (χ4v) is 2.09. The molecule has 2 unspecified atom stereocenters. The zero-order valence-corrected chi connectivity index (χ0v) is 11.3. The molecule has 17 heavy (non-hydrogen) atoms. The van der Waals surface area contributed by atoms with Gasteiger partial charge in [-0.05, 0) is 45.2 Å². The van der Waals surface area contributed by atoms with E-state index in [1.54, 1.807) is 6.92 Å². The zero-order valence-electron chi connectivity index (χ0n) is 11.3. The first kappa shape index (κ1) is 13.7. The minimum atomic E-state index is -1.13. The molecule has 2 heteroatoms. The van der Waals surface area contributed by atoms with Crippen LogP contribution in [0.1, 0.15) is 43.9 Å². The number of nitrogens with zero attached hydrogens (tertiary/aromatic N) is 1. The first-order valence-electron chi connectivity index (χ1n) is 6.00. The monoisotopic (exact) mass is 231 g/mol. The van der Waals surface area contributed by atoms with Crippen molar-refractivity contribution in [1.82, 2.24) is 0 Å². The van der Waals surface area contributed by atoms with Gasteiger partial charge in [-0.15, -0.1) is 0 Å². The van der Waals surface area contributed by atoms with E-state index in [1.165, 1.54) is 0 Å². The molecule has 1 N–H and O–H groups in total. The lowest BCUT2D eigenvalue weighted by Gasteiger charge is -2.38. The van der Waals surface area contributed by atoms with Gasteiger partial charge in [-0.1, -0.05) is 30.7 Å². The van der Waals surface area contributed by atoms with Gasteiger partial charge in [0.05, 0.1) is 11.5 Å². The van der Waals surface area contributed by atoms with Gasteiger partial charge in [0.1, 0.15) is 5.60 Å². The third kappa shape index (κ3) is 2.21. The van der Waals surface area contributed by atoms with E-state index in [9.17, 15) is 10.4 Å². The second kappa shape index (κ2) is 4.50. The normalized spacial score (nSPS) is 17.9. The molecule has 0 aliphatic carbocycles. The minimum Gasteiger partial charge on any atom is -0.384 e. The highest BCUT2D eigenvalue weighted by atomic mass is 16.3. The maximum Gasteiger partial charge on any atom is 0.105 e. The molecule has 2 atom stereocenters. The molecule has 1 aromatic rings. The minimum absolute atomic E-state index is 0.615. The maximum absolute atomic E-state index is 10.8. The summed E-state index contributed by atoms with van der Waals surface area (Å²) in [4.78, 5) is 0. The number of nitriles is 1. The predicted octanol–water partition coefficient (Wildman–Crippen LogP) is 3.45. The highest BCUT2D eigenvalue weighted by molar-refractivity contribution is 5.37. The molecule has 0 saturated heterocycles. The molecule has 0 saturated carbocycles. The van der Waals surface area contributed by atoms with E-state index in [-0.39, 0.29) is 0 Å². The van der Waals surface area contributed by atoms with Crippen molar-refractivity contribution in [3.63, 3.8) is 0 Å². The largest absolute Gasteiger partial charge is 0.384 e. The second-order valence-corrected chi connectivity index (χ2v) is 5.19. The van der Waals surface area contributed by atoms with Crippen molar-refractivity contribution in [3.05, 3.63) is 34.9 Å². The van der Waals surface area contributed by atoms with Crippen molar-refractivity contribution in [3.8, 4) is 6.07 Å². The fraction of sp³-hybridized carbons (Fsp3) is 0.533. The number of aliphatic hydroxyl groups is 1. The summed E-state index contributed by atoms with van der Waals surface area (Å²) in [5, 5.41) is 20.1. The van der Waals surface area contributed by atoms with E-state index in [0.29, 0.717) is 6.42 Å². The number of hydrogen-bond acceptors (Lipinski definition) is 2. The van der Waals surface area contributed by atoms with Crippen LogP contribution in [0.2, 0.25) is 0 Å². The van der Waals surface area contributed by atoms with Gasteiger partial charge in [0, 0.05) is 0 Å². The maximum atomic E-state index is 10.8. The first-order valence-corrected chi connectivity index (χ1v) is 6.00. The van der Waals surface area contributed by atoms with E-state index < -0.39 is 11.0 Å². The van der Waals surface area contributed by atoms with Gasteiger partial charge in [0.15, 0.2) is 0 Å². The molecule has 1 aromatic carbocycles.